The quantitative estimate of drug-likeness (QED) is 0.392. The number of likely N-dealkylation sites (tertiary alicyclic amines) is 1. The van der Waals surface area contributed by atoms with Crippen LogP contribution in [0.5, 0.6) is 0 Å². The number of nitrogens with zero attached hydrogens (tertiary/aromatic N) is 4. The second kappa shape index (κ2) is 17.2. The third-order valence-corrected chi connectivity index (χ3v) is 6.09. The smallest absolute Gasteiger partial charge is 0.248 e. The third kappa shape index (κ3) is 9.66. The van der Waals surface area contributed by atoms with Crippen molar-refractivity contribution in [3.05, 3.63) is 59.9 Å². The molecule has 0 spiro atoms. The number of carbonyl (C=O) groups is 2. The lowest BCUT2D eigenvalue weighted by molar-refractivity contribution is -0.137. The SMILES string of the molecule is CC.CC.Cc1cnn(C(C(=O)N2CC(O)CC2C)C(C)C)c1.Cc1ncoc1-c1ccc(CNC=O)cc1. The topological polar surface area (TPSA) is 113 Å². The highest BCUT2D eigenvalue weighted by atomic mass is 16.3. The fourth-order valence-corrected chi connectivity index (χ4v) is 4.28. The molecule has 1 fully saturated rings. The zero-order valence-electron chi connectivity index (χ0n) is 25.0. The van der Waals surface area contributed by atoms with Crippen LogP contribution in [0, 0.1) is 19.8 Å². The van der Waals surface area contributed by atoms with Gasteiger partial charge in [0.2, 0.25) is 12.3 Å². The Balaban J connectivity index is 0.000000350. The number of nitrogens with one attached hydrogen (secondary N) is 1. The summed E-state index contributed by atoms with van der Waals surface area (Å²) in [4.78, 5) is 28.7. The average molecular weight is 542 g/mol. The standard InChI is InChI=1S/C14H23N3O2.C12H12N2O2.2C2H6/c1-9(2)13(17-7-10(3)6-15-17)14(19)16-8-12(18)5-11(16)4;1-9-12(16-8-14-9)11-4-2-10(3-5-11)6-13-7-15;2*1-2/h6-7,9,11-13,18H,5,8H2,1-4H3;2-5,7-8H,6H2,1H3,(H,13,15);2*1-2H3. The zero-order valence-corrected chi connectivity index (χ0v) is 25.0. The molecule has 2 aromatic heterocycles. The van der Waals surface area contributed by atoms with Gasteiger partial charge in [-0.1, -0.05) is 65.8 Å². The van der Waals surface area contributed by atoms with Gasteiger partial charge in [0.15, 0.2) is 12.2 Å². The maximum atomic E-state index is 12.7. The number of hydrogen-bond donors (Lipinski definition) is 2. The van der Waals surface area contributed by atoms with Gasteiger partial charge in [0.1, 0.15) is 6.04 Å². The van der Waals surface area contributed by atoms with Crippen molar-refractivity contribution < 1.29 is 19.1 Å². The zero-order chi connectivity index (χ0) is 29.5. The largest absolute Gasteiger partial charge is 0.443 e. The van der Waals surface area contributed by atoms with E-state index >= 15 is 0 Å². The molecule has 3 atom stereocenters. The van der Waals surface area contributed by atoms with E-state index in [1.165, 1.54) is 6.39 Å². The molecule has 0 saturated carbocycles. The van der Waals surface area contributed by atoms with Crippen molar-refractivity contribution in [2.75, 3.05) is 6.54 Å². The number of oxazole rings is 1. The number of amides is 2. The van der Waals surface area contributed by atoms with Gasteiger partial charge in [0.05, 0.1) is 18.0 Å². The molecule has 2 N–H and O–H groups in total. The Labute approximate surface area is 233 Å². The minimum absolute atomic E-state index is 0.0575. The second-order valence-corrected chi connectivity index (χ2v) is 9.38. The second-order valence-electron chi connectivity index (χ2n) is 9.38. The number of aliphatic hydroxyl groups excluding tert-OH is 1. The summed E-state index contributed by atoms with van der Waals surface area (Å²) in [6.07, 6.45) is 6.06. The van der Waals surface area contributed by atoms with E-state index in [-0.39, 0.29) is 23.9 Å². The van der Waals surface area contributed by atoms with Crippen LogP contribution in [0.25, 0.3) is 11.3 Å². The van der Waals surface area contributed by atoms with E-state index in [1.807, 2.05) is 92.8 Å². The molecular formula is C30H47N5O4. The normalized spacial score (nSPS) is 16.6. The first-order valence-electron chi connectivity index (χ1n) is 13.9. The summed E-state index contributed by atoms with van der Waals surface area (Å²) in [5.74, 6) is 1.01. The highest BCUT2D eigenvalue weighted by Crippen LogP contribution is 2.26. The van der Waals surface area contributed by atoms with Gasteiger partial charge in [-0.2, -0.15) is 5.10 Å². The maximum Gasteiger partial charge on any atom is 0.248 e. The van der Waals surface area contributed by atoms with Gasteiger partial charge in [-0.05, 0) is 44.2 Å². The monoisotopic (exact) mass is 541 g/mol. The molecule has 0 radical (unpaired) electrons. The lowest BCUT2D eigenvalue weighted by Crippen LogP contribution is -2.41. The van der Waals surface area contributed by atoms with Crippen LogP contribution >= 0.6 is 0 Å². The molecule has 1 saturated heterocycles. The van der Waals surface area contributed by atoms with E-state index in [4.69, 9.17) is 4.42 Å². The molecule has 1 aliphatic heterocycles. The molecule has 216 valence electrons. The van der Waals surface area contributed by atoms with Crippen molar-refractivity contribution in [2.24, 2.45) is 5.92 Å². The number of β-amino-alcohol motifs (C(OH)–C–C–N with tert-alkyl or cyclic N) is 1. The predicted molar refractivity (Wildman–Crippen MR) is 155 cm³/mol. The highest BCUT2D eigenvalue weighted by molar-refractivity contribution is 5.81. The molecule has 3 heterocycles. The molecule has 2 amide bonds. The van der Waals surface area contributed by atoms with Crippen LogP contribution in [0.15, 0.2) is 47.5 Å². The highest BCUT2D eigenvalue weighted by Gasteiger charge is 2.37. The van der Waals surface area contributed by atoms with Gasteiger partial charge >= 0.3 is 0 Å². The first-order valence-corrected chi connectivity index (χ1v) is 13.9. The molecule has 1 aliphatic rings. The van der Waals surface area contributed by atoms with Gasteiger partial charge in [-0.3, -0.25) is 14.3 Å². The van der Waals surface area contributed by atoms with Gasteiger partial charge < -0.3 is 19.7 Å². The van der Waals surface area contributed by atoms with Gasteiger partial charge in [-0.25, -0.2) is 4.98 Å². The van der Waals surface area contributed by atoms with E-state index in [2.05, 4.69) is 15.4 Å². The van der Waals surface area contributed by atoms with Crippen molar-refractivity contribution in [2.45, 2.75) is 93.5 Å². The first kappa shape index (κ1) is 33.6. The number of aliphatic hydroxyl groups is 1. The Morgan fingerprint density at radius 1 is 1.18 bits per heavy atom. The van der Waals surface area contributed by atoms with Crippen LogP contribution in [-0.4, -0.2) is 55.8 Å². The van der Waals surface area contributed by atoms with Crippen LogP contribution in [0.4, 0.5) is 0 Å². The van der Waals surface area contributed by atoms with E-state index in [0.717, 1.165) is 28.1 Å². The predicted octanol–water partition coefficient (Wildman–Crippen LogP) is 5.32. The Kier molecular flexibility index (Phi) is 14.8. The molecule has 3 unspecified atom stereocenters. The minimum Gasteiger partial charge on any atom is -0.443 e. The van der Waals surface area contributed by atoms with Crippen LogP contribution in [-0.2, 0) is 16.1 Å². The fourth-order valence-electron chi connectivity index (χ4n) is 4.28. The lowest BCUT2D eigenvalue weighted by Gasteiger charge is -2.29. The minimum atomic E-state index is -0.397. The van der Waals surface area contributed by atoms with E-state index in [0.29, 0.717) is 25.9 Å². The first-order chi connectivity index (χ1) is 18.7. The van der Waals surface area contributed by atoms with Gasteiger partial charge in [0.25, 0.3) is 0 Å². The van der Waals surface area contributed by atoms with Crippen LogP contribution in [0.2, 0.25) is 0 Å². The van der Waals surface area contributed by atoms with E-state index in [1.54, 1.807) is 15.8 Å². The Hall–Kier alpha value is -3.46. The Bertz CT molecular complexity index is 1110. The maximum absolute atomic E-state index is 12.7. The van der Waals surface area contributed by atoms with Crippen molar-refractivity contribution in [3.63, 3.8) is 0 Å². The molecule has 1 aromatic carbocycles. The number of rotatable bonds is 7. The lowest BCUT2D eigenvalue weighted by atomic mass is 10.0. The van der Waals surface area contributed by atoms with Crippen molar-refractivity contribution in [1.82, 2.24) is 25.0 Å². The summed E-state index contributed by atoms with van der Waals surface area (Å²) in [5.41, 5.74) is 3.96. The molecule has 0 aliphatic carbocycles. The number of benzene rings is 1. The number of carbonyl (C=O) groups excluding carboxylic acids is 2. The summed E-state index contributed by atoms with van der Waals surface area (Å²) in [6, 6.07) is 7.62. The van der Waals surface area contributed by atoms with E-state index < -0.39 is 6.10 Å². The van der Waals surface area contributed by atoms with Crippen LogP contribution in [0.3, 0.4) is 0 Å². The molecule has 9 heteroatoms. The van der Waals surface area contributed by atoms with Crippen molar-refractivity contribution in [1.29, 1.82) is 0 Å². The molecule has 0 bridgehead atoms. The summed E-state index contributed by atoms with van der Waals surface area (Å²) < 4.78 is 7.04. The summed E-state index contributed by atoms with van der Waals surface area (Å²) >= 11 is 0. The van der Waals surface area contributed by atoms with Gasteiger partial charge in [0, 0.05) is 30.9 Å². The van der Waals surface area contributed by atoms with Crippen LogP contribution < -0.4 is 5.32 Å². The Morgan fingerprint density at radius 3 is 2.26 bits per heavy atom. The van der Waals surface area contributed by atoms with Crippen LogP contribution in [0.1, 0.15) is 77.7 Å². The molecule has 4 rings (SSSR count). The molecule has 39 heavy (non-hydrogen) atoms. The summed E-state index contributed by atoms with van der Waals surface area (Å²) in [5, 5.41) is 16.6. The van der Waals surface area contributed by atoms with Crippen molar-refractivity contribution in [3.8, 4) is 11.3 Å². The number of hydrogen-bond acceptors (Lipinski definition) is 6. The fraction of sp³-hybridized carbons (Fsp3) is 0.533. The average Bonchev–Trinajstić information content (AvgIpc) is 3.65. The molecule has 3 aromatic rings. The number of aromatic nitrogens is 3. The summed E-state index contributed by atoms with van der Waals surface area (Å²) in [6.45, 7) is 18.9. The third-order valence-electron chi connectivity index (χ3n) is 6.09. The van der Waals surface area contributed by atoms with Gasteiger partial charge in [-0.15, -0.1) is 0 Å². The molecule has 9 nitrogen and oxygen atoms in total. The number of aryl methyl sites for hydroxylation is 2. The molecular weight excluding hydrogens is 494 g/mol. The Morgan fingerprint density at radius 2 is 1.82 bits per heavy atom. The van der Waals surface area contributed by atoms with E-state index in [9.17, 15) is 14.7 Å². The summed E-state index contributed by atoms with van der Waals surface area (Å²) in [7, 11) is 0. The van der Waals surface area contributed by atoms with Crippen molar-refractivity contribution >= 4 is 12.3 Å².